The van der Waals surface area contributed by atoms with E-state index in [0.29, 0.717) is 43.2 Å². The van der Waals surface area contributed by atoms with Crippen LogP contribution in [0.1, 0.15) is 37.3 Å². The summed E-state index contributed by atoms with van der Waals surface area (Å²) >= 11 is 0. The molecule has 3 rings (SSSR count). The molecule has 0 amide bonds. The van der Waals surface area contributed by atoms with Gasteiger partial charge in [-0.2, -0.15) is 4.31 Å². The van der Waals surface area contributed by atoms with Gasteiger partial charge in [-0.3, -0.25) is 9.78 Å². The summed E-state index contributed by atoms with van der Waals surface area (Å²) < 4.78 is 27.1. The Balaban J connectivity index is 1.59. The standard InChI is InChI=1S/C21H26N2O3S/c1-17-4-3-13-23(16-17)27(25,26)21-10-7-18(8-11-21)14-20(24)9-6-19-5-2-12-22-15-19/h2,5,7-8,10-12,15,17H,3-4,6,9,13-14,16H2,1H3. The van der Waals surface area contributed by atoms with Crippen LogP contribution in [0.15, 0.2) is 53.7 Å². The number of rotatable bonds is 7. The maximum atomic E-state index is 12.8. The van der Waals surface area contributed by atoms with Crippen molar-refractivity contribution >= 4 is 15.8 Å². The van der Waals surface area contributed by atoms with Crippen LogP contribution >= 0.6 is 0 Å². The van der Waals surface area contributed by atoms with Gasteiger partial charge in [0.05, 0.1) is 4.90 Å². The summed E-state index contributed by atoms with van der Waals surface area (Å²) in [5.74, 6) is 0.532. The first kappa shape index (κ1) is 19.7. The van der Waals surface area contributed by atoms with E-state index in [1.54, 1.807) is 41.0 Å². The molecule has 1 aliphatic heterocycles. The van der Waals surface area contributed by atoms with Crippen LogP contribution < -0.4 is 0 Å². The molecule has 0 bridgehead atoms. The lowest BCUT2D eigenvalue weighted by Crippen LogP contribution is -2.39. The van der Waals surface area contributed by atoms with Gasteiger partial charge in [-0.05, 0) is 54.5 Å². The Morgan fingerprint density at radius 3 is 2.63 bits per heavy atom. The van der Waals surface area contributed by atoms with E-state index in [4.69, 9.17) is 0 Å². The minimum atomic E-state index is -3.44. The van der Waals surface area contributed by atoms with Gasteiger partial charge < -0.3 is 0 Å². The lowest BCUT2D eigenvalue weighted by Gasteiger charge is -2.30. The Morgan fingerprint density at radius 1 is 1.19 bits per heavy atom. The van der Waals surface area contributed by atoms with Crippen molar-refractivity contribution in [2.75, 3.05) is 13.1 Å². The third-order valence-electron chi connectivity index (χ3n) is 5.00. The highest BCUT2D eigenvalue weighted by atomic mass is 32.2. The van der Waals surface area contributed by atoms with Crippen LogP contribution in [-0.2, 0) is 27.7 Å². The number of benzene rings is 1. The summed E-state index contributed by atoms with van der Waals surface area (Å²) in [4.78, 5) is 16.6. The maximum Gasteiger partial charge on any atom is 0.243 e. The largest absolute Gasteiger partial charge is 0.299 e. The number of hydrogen-bond donors (Lipinski definition) is 0. The Kier molecular flexibility index (Phi) is 6.39. The van der Waals surface area contributed by atoms with E-state index >= 15 is 0 Å². The summed E-state index contributed by atoms with van der Waals surface area (Å²) in [5, 5.41) is 0. The van der Waals surface area contributed by atoms with E-state index in [1.165, 1.54) is 0 Å². The number of ketones is 1. The topological polar surface area (TPSA) is 67.3 Å². The average Bonchev–Trinajstić information content (AvgIpc) is 2.68. The number of carbonyl (C=O) groups excluding carboxylic acids is 1. The molecule has 0 N–H and O–H groups in total. The molecule has 1 aliphatic rings. The van der Waals surface area contributed by atoms with Crippen LogP contribution in [0.25, 0.3) is 0 Å². The number of hydrogen-bond acceptors (Lipinski definition) is 4. The number of sulfonamides is 1. The average molecular weight is 387 g/mol. The van der Waals surface area contributed by atoms with Crippen LogP contribution in [0, 0.1) is 5.92 Å². The molecule has 2 heterocycles. The number of pyridine rings is 1. The molecule has 1 atom stereocenters. The fraction of sp³-hybridized carbons (Fsp3) is 0.429. The molecule has 144 valence electrons. The van der Waals surface area contributed by atoms with E-state index in [-0.39, 0.29) is 5.78 Å². The van der Waals surface area contributed by atoms with Crippen LogP contribution in [-0.4, -0.2) is 36.6 Å². The highest BCUT2D eigenvalue weighted by Gasteiger charge is 2.28. The Hall–Kier alpha value is -2.05. The number of carbonyl (C=O) groups is 1. The molecule has 1 aromatic carbocycles. The summed E-state index contributed by atoms with van der Waals surface area (Å²) in [6.45, 7) is 3.25. The molecular formula is C21H26N2O3S. The second kappa shape index (κ2) is 8.76. The van der Waals surface area contributed by atoms with Crippen LogP contribution in [0.5, 0.6) is 0 Å². The lowest BCUT2D eigenvalue weighted by atomic mass is 10.0. The Bertz CT molecular complexity index is 864. The molecule has 27 heavy (non-hydrogen) atoms. The Morgan fingerprint density at radius 2 is 1.96 bits per heavy atom. The number of piperidine rings is 1. The molecule has 2 aromatic rings. The molecule has 0 aliphatic carbocycles. The van der Waals surface area contributed by atoms with Crippen molar-refractivity contribution in [1.82, 2.24) is 9.29 Å². The van der Waals surface area contributed by atoms with E-state index in [0.717, 1.165) is 24.0 Å². The summed E-state index contributed by atoms with van der Waals surface area (Å²) in [5.41, 5.74) is 1.89. The zero-order valence-electron chi connectivity index (χ0n) is 15.7. The van der Waals surface area contributed by atoms with Gasteiger partial charge in [0.25, 0.3) is 0 Å². The van der Waals surface area contributed by atoms with Gasteiger partial charge in [-0.25, -0.2) is 8.42 Å². The van der Waals surface area contributed by atoms with Gasteiger partial charge in [0, 0.05) is 38.3 Å². The lowest BCUT2D eigenvalue weighted by molar-refractivity contribution is -0.118. The van der Waals surface area contributed by atoms with E-state index in [9.17, 15) is 13.2 Å². The summed E-state index contributed by atoms with van der Waals surface area (Å²) in [7, 11) is -3.44. The summed E-state index contributed by atoms with van der Waals surface area (Å²) in [6.07, 6.45) is 6.92. The molecule has 1 fully saturated rings. The van der Waals surface area contributed by atoms with Crippen molar-refractivity contribution < 1.29 is 13.2 Å². The third kappa shape index (κ3) is 5.23. The van der Waals surface area contributed by atoms with Crippen molar-refractivity contribution in [3.05, 3.63) is 59.9 Å². The maximum absolute atomic E-state index is 12.8. The van der Waals surface area contributed by atoms with Crippen molar-refractivity contribution in [2.45, 2.75) is 43.9 Å². The fourth-order valence-corrected chi connectivity index (χ4v) is 5.04. The predicted molar refractivity (Wildman–Crippen MR) is 105 cm³/mol. The van der Waals surface area contributed by atoms with Crippen LogP contribution in [0.4, 0.5) is 0 Å². The molecule has 5 nitrogen and oxygen atoms in total. The van der Waals surface area contributed by atoms with Gasteiger partial charge in [0.15, 0.2) is 0 Å². The highest BCUT2D eigenvalue weighted by molar-refractivity contribution is 7.89. The van der Waals surface area contributed by atoms with E-state index in [2.05, 4.69) is 11.9 Å². The molecule has 1 unspecified atom stereocenters. The van der Waals surface area contributed by atoms with Gasteiger partial charge in [0.2, 0.25) is 10.0 Å². The minimum Gasteiger partial charge on any atom is -0.299 e. The molecule has 1 saturated heterocycles. The summed E-state index contributed by atoms with van der Waals surface area (Å²) in [6, 6.07) is 10.6. The van der Waals surface area contributed by atoms with Gasteiger partial charge >= 0.3 is 0 Å². The van der Waals surface area contributed by atoms with Crippen molar-refractivity contribution in [2.24, 2.45) is 5.92 Å². The molecule has 0 spiro atoms. The quantitative estimate of drug-likeness (QED) is 0.733. The van der Waals surface area contributed by atoms with E-state index in [1.807, 2.05) is 12.1 Å². The SMILES string of the molecule is CC1CCCN(S(=O)(=O)c2ccc(CC(=O)CCc3cccnc3)cc2)C1. The van der Waals surface area contributed by atoms with Crippen molar-refractivity contribution in [3.63, 3.8) is 0 Å². The third-order valence-corrected chi connectivity index (χ3v) is 6.88. The number of Topliss-reactive ketones (excluding diaryl/α,β-unsaturated/α-hetero) is 1. The van der Waals surface area contributed by atoms with Crippen LogP contribution in [0.3, 0.4) is 0 Å². The van der Waals surface area contributed by atoms with Crippen LogP contribution in [0.2, 0.25) is 0 Å². The molecule has 6 heteroatoms. The number of nitrogens with zero attached hydrogens (tertiary/aromatic N) is 2. The predicted octanol–water partition coefficient (Wildman–Crippen LogP) is 3.25. The fourth-order valence-electron chi connectivity index (χ4n) is 3.44. The first-order valence-corrected chi connectivity index (χ1v) is 10.9. The zero-order valence-corrected chi connectivity index (χ0v) is 16.5. The second-order valence-electron chi connectivity index (χ2n) is 7.33. The first-order chi connectivity index (χ1) is 12.9. The van der Waals surface area contributed by atoms with Gasteiger partial charge in [-0.15, -0.1) is 0 Å². The van der Waals surface area contributed by atoms with Crippen molar-refractivity contribution in [1.29, 1.82) is 0 Å². The Labute approximate surface area is 161 Å². The highest BCUT2D eigenvalue weighted by Crippen LogP contribution is 2.23. The minimum absolute atomic E-state index is 0.138. The molecular weight excluding hydrogens is 360 g/mol. The molecule has 0 saturated carbocycles. The molecule has 0 radical (unpaired) electrons. The van der Waals surface area contributed by atoms with Gasteiger partial charge in [0.1, 0.15) is 5.78 Å². The monoisotopic (exact) mass is 386 g/mol. The number of aromatic nitrogens is 1. The van der Waals surface area contributed by atoms with Gasteiger partial charge in [-0.1, -0.05) is 25.1 Å². The van der Waals surface area contributed by atoms with Crippen molar-refractivity contribution in [3.8, 4) is 0 Å². The first-order valence-electron chi connectivity index (χ1n) is 9.45. The second-order valence-corrected chi connectivity index (χ2v) is 9.27. The normalized spacial score (nSPS) is 18.3. The van der Waals surface area contributed by atoms with E-state index < -0.39 is 10.0 Å². The smallest absolute Gasteiger partial charge is 0.243 e. The zero-order chi connectivity index (χ0) is 19.3. The molecule has 1 aromatic heterocycles. The number of aryl methyl sites for hydroxylation is 1.